The van der Waals surface area contributed by atoms with E-state index in [1.54, 1.807) is 12.1 Å². The first kappa shape index (κ1) is 19.9. The summed E-state index contributed by atoms with van der Waals surface area (Å²) in [5, 5.41) is 0. The summed E-state index contributed by atoms with van der Waals surface area (Å²) in [5.41, 5.74) is 7.28. The van der Waals surface area contributed by atoms with E-state index < -0.39 is 6.04 Å². The van der Waals surface area contributed by atoms with Crippen molar-refractivity contribution in [2.24, 2.45) is 5.73 Å². The molecule has 0 saturated heterocycles. The molecule has 0 fully saturated rings. The Labute approximate surface area is 118 Å². The lowest BCUT2D eigenvalue weighted by Crippen LogP contribution is -2.30. The van der Waals surface area contributed by atoms with E-state index in [1.165, 1.54) is 13.8 Å². The molecule has 2 N–H and O–H groups in total. The summed E-state index contributed by atoms with van der Waals surface area (Å²) in [6.45, 7) is 11.0. The van der Waals surface area contributed by atoms with Gasteiger partial charge in [0.2, 0.25) is 0 Å². The van der Waals surface area contributed by atoms with Gasteiger partial charge in [0, 0.05) is 6.99 Å². The van der Waals surface area contributed by atoms with E-state index in [4.69, 9.17) is 5.73 Å². The second-order valence-corrected chi connectivity index (χ2v) is 3.67. The van der Waals surface area contributed by atoms with E-state index in [-0.39, 0.29) is 13.0 Å². The number of ketones is 2. The Morgan fingerprint density at radius 3 is 1.79 bits per heavy atom. The van der Waals surface area contributed by atoms with Gasteiger partial charge >= 0.3 is 0 Å². The Balaban J connectivity index is -0.000000529. The highest BCUT2D eigenvalue weighted by atomic mass is 16.1. The molecule has 3 heteroatoms. The maximum absolute atomic E-state index is 11.0. The monoisotopic (exact) mass is 267 g/mol. The molecule has 0 unspecified atom stereocenters. The fraction of sp³-hybridized carbons (Fsp3) is 0.500. The summed E-state index contributed by atoms with van der Waals surface area (Å²) in [6, 6.07) is 6.72. The van der Waals surface area contributed by atoms with E-state index in [2.05, 4.69) is 0 Å². The molecule has 0 aliphatic heterocycles. The zero-order valence-corrected chi connectivity index (χ0v) is 13.0. The Morgan fingerprint density at radius 1 is 1.05 bits per heavy atom. The predicted octanol–water partition coefficient (Wildman–Crippen LogP) is 3.65. The maximum Gasteiger partial charge on any atom is 0.159 e. The van der Waals surface area contributed by atoms with Gasteiger partial charge in [-0.2, -0.15) is 0 Å². The molecule has 1 rings (SSSR count). The highest BCUT2D eigenvalue weighted by Gasteiger charge is 2.08. The summed E-state index contributed by atoms with van der Waals surface area (Å²) in [7, 11) is 0. The third-order valence-electron chi connectivity index (χ3n) is 2.34. The standard InChI is InChI=1S/C12H15NO2.2C2H6.H2/c1-8(14)11-5-3-10(4-6-11)7-12(13)9(2)15;2*1-2;/h3-6,12H,7,13H2,1-2H3;2*1-2H3;1H/t12-;;;/m0.../s1. The van der Waals surface area contributed by atoms with Gasteiger partial charge in [-0.05, 0) is 25.8 Å². The number of benzene rings is 1. The van der Waals surface area contributed by atoms with E-state index in [0.29, 0.717) is 12.0 Å². The summed E-state index contributed by atoms with van der Waals surface area (Å²) in [4.78, 5) is 22.0. The van der Waals surface area contributed by atoms with Crippen LogP contribution in [0.2, 0.25) is 0 Å². The minimum absolute atomic E-state index is 0. The number of carbonyl (C=O) groups excluding carboxylic acids is 2. The predicted molar refractivity (Wildman–Crippen MR) is 83.6 cm³/mol. The first-order valence-electron chi connectivity index (χ1n) is 6.86. The molecule has 1 atom stereocenters. The molecule has 1 aromatic carbocycles. The first-order chi connectivity index (χ1) is 9.00. The van der Waals surface area contributed by atoms with Gasteiger partial charge in [0.15, 0.2) is 5.78 Å². The van der Waals surface area contributed by atoms with Crippen LogP contribution in [-0.4, -0.2) is 17.6 Å². The van der Waals surface area contributed by atoms with Crippen LogP contribution in [0.4, 0.5) is 0 Å². The van der Waals surface area contributed by atoms with E-state index in [9.17, 15) is 9.59 Å². The average Bonchev–Trinajstić information content (AvgIpc) is 2.43. The lowest BCUT2D eigenvalue weighted by molar-refractivity contribution is -0.118. The fourth-order valence-electron chi connectivity index (χ4n) is 1.27. The van der Waals surface area contributed by atoms with Crippen LogP contribution in [0.1, 0.15) is 58.9 Å². The van der Waals surface area contributed by atoms with Crippen LogP contribution in [0, 0.1) is 0 Å². The van der Waals surface area contributed by atoms with Gasteiger partial charge in [-0.3, -0.25) is 9.59 Å². The zero-order valence-electron chi connectivity index (χ0n) is 13.0. The molecule has 0 aliphatic carbocycles. The molecule has 0 aromatic heterocycles. The molecule has 3 nitrogen and oxygen atoms in total. The van der Waals surface area contributed by atoms with Crippen LogP contribution < -0.4 is 5.73 Å². The van der Waals surface area contributed by atoms with Crippen LogP contribution in [0.25, 0.3) is 0 Å². The van der Waals surface area contributed by atoms with Crippen molar-refractivity contribution in [1.29, 1.82) is 0 Å². The molecule has 19 heavy (non-hydrogen) atoms. The van der Waals surface area contributed by atoms with Crippen LogP contribution >= 0.6 is 0 Å². The van der Waals surface area contributed by atoms with Crippen molar-refractivity contribution in [1.82, 2.24) is 0 Å². The SMILES string of the molecule is CC.CC.CC(=O)c1ccc(C[C@H](N)C(C)=O)cc1.[HH]. The summed E-state index contributed by atoms with van der Waals surface area (Å²) in [5.74, 6) is 0.0167. The van der Waals surface area contributed by atoms with Crippen molar-refractivity contribution in [3.63, 3.8) is 0 Å². The maximum atomic E-state index is 11.0. The fourth-order valence-corrected chi connectivity index (χ4v) is 1.27. The van der Waals surface area contributed by atoms with E-state index in [0.717, 1.165) is 5.56 Å². The lowest BCUT2D eigenvalue weighted by Gasteiger charge is -2.07. The van der Waals surface area contributed by atoms with Gasteiger partial charge in [-0.1, -0.05) is 52.0 Å². The Bertz CT molecular complexity index is 375. The number of hydrogen-bond acceptors (Lipinski definition) is 3. The van der Waals surface area contributed by atoms with Gasteiger partial charge in [0.25, 0.3) is 0 Å². The smallest absolute Gasteiger partial charge is 0.159 e. The van der Waals surface area contributed by atoms with Crippen molar-refractivity contribution in [3.05, 3.63) is 35.4 Å². The third kappa shape index (κ3) is 8.27. The number of nitrogens with two attached hydrogens (primary N) is 1. The minimum atomic E-state index is -0.451. The van der Waals surface area contributed by atoms with Gasteiger partial charge in [-0.25, -0.2) is 0 Å². The Hall–Kier alpha value is -1.48. The number of Topliss-reactive ketones (excluding diaryl/α,β-unsaturated/α-hetero) is 2. The molecule has 0 spiro atoms. The van der Waals surface area contributed by atoms with Crippen molar-refractivity contribution in [2.45, 2.75) is 54.0 Å². The summed E-state index contributed by atoms with van der Waals surface area (Å²) < 4.78 is 0. The Kier molecular flexibility index (Phi) is 12.1. The molecule has 0 saturated carbocycles. The van der Waals surface area contributed by atoms with Crippen LogP contribution in [0.5, 0.6) is 0 Å². The first-order valence-corrected chi connectivity index (χ1v) is 6.86. The highest BCUT2D eigenvalue weighted by molar-refractivity contribution is 5.94. The zero-order chi connectivity index (χ0) is 15.4. The molecule has 0 radical (unpaired) electrons. The third-order valence-corrected chi connectivity index (χ3v) is 2.34. The van der Waals surface area contributed by atoms with E-state index in [1.807, 2.05) is 39.8 Å². The van der Waals surface area contributed by atoms with Gasteiger partial charge < -0.3 is 5.73 Å². The summed E-state index contributed by atoms with van der Waals surface area (Å²) in [6.07, 6.45) is 0.521. The molecule has 0 heterocycles. The average molecular weight is 267 g/mol. The number of carbonyl (C=O) groups is 2. The number of rotatable bonds is 4. The van der Waals surface area contributed by atoms with Crippen LogP contribution in [-0.2, 0) is 11.2 Å². The van der Waals surface area contributed by atoms with Crippen LogP contribution in [0.15, 0.2) is 24.3 Å². The van der Waals surface area contributed by atoms with Crippen molar-refractivity contribution in [3.8, 4) is 0 Å². The van der Waals surface area contributed by atoms with E-state index >= 15 is 0 Å². The van der Waals surface area contributed by atoms with Crippen LogP contribution in [0.3, 0.4) is 0 Å². The van der Waals surface area contributed by atoms with Crippen molar-refractivity contribution >= 4 is 11.6 Å². The molecular weight excluding hydrogens is 238 g/mol. The lowest BCUT2D eigenvalue weighted by atomic mass is 10.0. The summed E-state index contributed by atoms with van der Waals surface area (Å²) >= 11 is 0. The molecule has 0 bridgehead atoms. The largest absolute Gasteiger partial charge is 0.321 e. The Morgan fingerprint density at radius 2 is 1.47 bits per heavy atom. The van der Waals surface area contributed by atoms with Gasteiger partial charge in [-0.15, -0.1) is 0 Å². The molecule has 0 aliphatic rings. The van der Waals surface area contributed by atoms with Gasteiger partial charge in [0.05, 0.1) is 6.04 Å². The molecular formula is C16H29NO2. The topological polar surface area (TPSA) is 60.2 Å². The highest BCUT2D eigenvalue weighted by Crippen LogP contribution is 2.07. The molecule has 110 valence electrons. The molecule has 0 amide bonds. The second-order valence-electron chi connectivity index (χ2n) is 3.67. The minimum Gasteiger partial charge on any atom is -0.321 e. The van der Waals surface area contributed by atoms with Gasteiger partial charge in [0.1, 0.15) is 5.78 Å². The molecule has 1 aromatic rings. The normalized spacial score (nSPS) is 10.3. The second kappa shape index (κ2) is 11.6. The number of hydrogen-bond donors (Lipinski definition) is 1. The van der Waals surface area contributed by atoms with Crippen molar-refractivity contribution in [2.75, 3.05) is 0 Å². The quantitative estimate of drug-likeness (QED) is 0.847. The van der Waals surface area contributed by atoms with Crippen molar-refractivity contribution < 1.29 is 11.0 Å².